The van der Waals surface area contributed by atoms with E-state index in [4.69, 9.17) is 4.42 Å². The molecule has 1 N–H and O–H groups in total. The number of alkyl halides is 2. The van der Waals surface area contributed by atoms with Crippen molar-refractivity contribution in [2.75, 3.05) is 0 Å². The Morgan fingerprint density at radius 2 is 1.96 bits per heavy atom. The van der Waals surface area contributed by atoms with Gasteiger partial charge < -0.3 is 14.5 Å². The summed E-state index contributed by atoms with van der Waals surface area (Å²) < 4.78 is 33.9. The molecular weight excluding hydrogens is 338 g/mol. The Bertz CT molecular complexity index is 808. The standard InChI is InChI=1S/C15H14F2N4O4/c1-8-19-20-11(24-8)7-21-12(22)15(2,18-14(21)23)9-3-5-10(6-4-9)25-13(16)17/h3-6,13H,7H2,1-2H3,(H,18,23). The minimum Gasteiger partial charge on any atom is -0.435 e. The molecule has 1 aromatic carbocycles. The van der Waals surface area contributed by atoms with Crippen molar-refractivity contribution >= 4 is 11.9 Å². The number of imide groups is 1. The van der Waals surface area contributed by atoms with Gasteiger partial charge in [-0.1, -0.05) is 12.1 Å². The zero-order chi connectivity index (χ0) is 18.2. The first-order chi connectivity index (χ1) is 11.8. The molecule has 132 valence electrons. The zero-order valence-corrected chi connectivity index (χ0v) is 13.3. The predicted molar refractivity (Wildman–Crippen MR) is 78.5 cm³/mol. The maximum atomic E-state index is 12.7. The molecule has 1 aliphatic rings. The van der Waals surface area contributed by atoms with Crippen LogP contribution >= 0.6 is 0 Å². The Morgan fingerprint density at radius 1 is 1.28 bits per heavy atom. The molecule has 25 heavy (non-hydrogen) atoms. The minimum absolute atomic E-state index is 0.0442. The highest BCUT2D eigenvalue weighted by Crippen LogP contribution is 2.31. The fourth-order valence-electron chi connectivity index (χ4n) is 2.54. The summed E-state index contributed by atoms with van der Waals surface area (Å²) in [5.74, 6) is -0.112. The van der Waals surface area contributed by atoms with Crippen molar-refractivity contribution in [3.63, 3.8) is 0 Å². The molecule has 1 saturated heterocycles. The quantitative estimate of drug-likeness (QED) is 0.826. The van der Waals surface area contributed by atoms with Crippen LogP contribution in [0.4, 0.5) is 13.6 Å². The summed E-state index contributed by atoms with van der Waals surface area (Å²) >= 11 is 0. The lowest BCUT2D eigenvalue weighted by Crippen LogP contribution is -2.40. The number of nitrogens with one attached hydrogen (secondary N) is 1. The Kier molecular flexibility index (Phi) is 4.11. The Hall–Kier alpha value is -3.04. The average molecular weight is 352 g/mol. The van der Waals surface area contributed by atoms with Gasteiger partial charge in [0.2, 0.25) is 11.8 Å². The number of urea groups is 1. The number of hydrogen-bond acceptors (Lipinski definition) is 6. The van der Waals surface area contributed by atoms with E-state index in [2.05, 4.69) is 20.3 Å². The van der Waals surface area contributed by atoms with Crippen LogP contribution in [-0.2, 0) is 16.9 Å². The van der Waals surface area contributed by atoms with Crippen LogP contribution in [0.15, 0.2) is 28.7 Å². The van der Waals surface area contributed by atoms with Gasteiger partial charge in [-0.05, 0) is 24.6 Å². The molecule has 0 spiro atoms. The number of halogens is 2. The van der Waals surface area contributed by atoms with Crippen LogP contribution < -0.4 is 10.1 Å². The lowest BCUT2D eigenvalue weighted by atomic mass is 9.92. The fraction of sp³-hybridized carbons (Fsp3) is 0.333. The molecule has 1 aliphatic heterocycles. The van der Waals surface area contributed by atoms with Crippen LogP contribution in [0.2, 0.25) is 0 Å². The number of carbonyl (C=O) groups is 2. The molecule has 8 nitrogen and oxygen atoms in total. The lowest BCUT2D eigenvalue weighted by Gasteiger charge is -2.22. The average Bonchev–Trinajstić information content (AvgIpc) is 3.05. The van der Waals surface area contributed by atoms with E-state index in [1.165, 1.54) is 31.2 Å². The Morgan fingerprint density at radius 3 is 2.52 bits per heavy atom. The summed E-state index contributed by atoms with van der Waals surface area (Å²) in [6.45, 7) is 0.0148. The van der Waals surface area contributed by atoms with Crippen LogP contribution in [0.3, 0.4) is 0 Å². The van der Waals surface area contributed by atoms with E-state index < -0.39 is 24.1 Å². The van der Waals surface area contributed by atoms with Crippen molar-refractivity contribution in [2.45, 2.75) is 32.5 Å². The van der Waals surface area contributed by atoms with Crippen LogP contribution in [0.1, 0.15) is 24.3 Å². The molecule has 3 amide bonds. The van der Waals surface area contributed by atoms with Gasteiger partial charge in [0.25, 0.3) is 5.91 Å². The van der Waals surface area contributed by atoms with E-state index in [-0.39, 0.29) is 18.2 Å². The van der Waals surface area contributed by atoms with Gasteiger partial charge >= 0.3 is 12.6 Å². The number of aryl methyl sites for hydroxylation is 1. The van der Waals surface area contributed by atoms with E-state index in [0.29, 0.717) is 11.5 Å². The SMILES string of the molecule is Cc1nnc(CN2C(=O)NC(C)(c3ccc(OC(F)F)cc3)C2=O)o1. The van der Waals surface area contributed by atoms with E-state index in [1.54, 1.807) is 6.92 Å². The molecule has 0 aliphatic carbocycles. The van der Waals surface area contributed by atoms with Gasteiger partial charge in [-0.2, -0.15) is 8.78 Å². The highest BCUT2D eigenvalue weighted by molar-refractivity contribution is 6.07. The largest absolute Gasteiger partial charge is 0.435 e. The summed E-state index contributed by atoms with van der Waals surface area (Å²) in [6, 6.07) is 4.87. The number of rotatable bonds is 5. The van der Waals surface area contributed by atoms with Gasteiger partial charge in [-0.3, -0.25) is 9.69 Å². The first kappa shape index (κ1) is 16.8. The second kappa shape index (κ2) is 6.11. The molecule has 0 radical (unpaired) electrons. The highest BCUT2D eigenvalue weighted by atomic mass is 19.3. The summed E-state index contributed by atoms with van der Waals surface area (Å²) in [6.07, 6.45) is 0. The van der Waals surface area contributed by atoms with Crippen molar-refractivity contribution in [1.82, 2.24) is 20.4 Å². The van der Waals surface area contributed by atoms with Gasteiger partial charge in [0.15, 0.2) is 0 Å². The van der Waals surface area contributed by atoms with Crippen LogP contribution in [0, 0.1) is 6.92 Å². The third-order valence-electron chi connectivity index (χ3n) is 3.79. The predicted octanol–water partition coefficient (Wildman–Crippen LogP) is 1.95. The second-order valence-corrected chi connectivity index (χ2v) is 5.56. The second-order valence-electron chi connectivity index (χ2n) is 5.56. The molecule has 1 fully saturated rings. The molecular formula is C15H14F2N4O4. The number of benzene rings is 1. The van der Waals surface area contributed by atoms with E-state index in [0.717, 1.165) is 4.90 Å². The Labute approximate surface area is 140 Å². The van der Waals surface area contributed by atoms with Crippen molar-refractivity contribution in [3.8, 4) is 5.75 Å². The maximum Gasteiger partial charge on any atom is 0.387 e. The zero-order valence-electron chi connectivity index (χ0n) is 13.3. The van der Waals surface area contributed by atoms with Crippen molar-refractivity contribution < 1.29 is 27.5 Å². The monoisotopic (exact) mass is 352 g/mol. The first-order valence-corrected chi connectivity index (χ1v) is 7.28. The molecule has 10 heteroatoms. The molecule has 2 aromatic rings. The van der Waals surface area contributed by atoms with Gasteiger partial charge in [0.05, 0.1) is 0 Å². The van der Waals surface area contributed by atoms with Crippen LogP contribution in [0.5, 0.6) is 5.75 Å². The summed E-state index contributed by atoms with van der Waals surface area (Å²) in [4.78, 5) is 25.8. The van der Waals surface area contributed by atoms with Gasteiger partial charge in [0, 0.05) is 6.92 Å². The molecule has 3 rings (SSSR count). The number of aromatic nitrogens is 2. The van der Waals surface area contributed by atoms with Gasteiger partial charge in [-0.15, -0.1) is 10.2 Å². The van der Waals surface area contributed by atoms with E-state index in [1.807, 2.05) is 0 Å². The number of carbonyl (C=O) groups excluding carboxylic acids is 2. The van der Waals surface area contributed by atoms with Crippen molar-refractivity contribution in [1.29, 1.82) is 0 Å². The smallest absolute Gasteiger partial charge is 0.387 e. The Balaban J connectivity index is 1.81. The normalized spacial score (nSPS) is 20.3. The van der Waals surface area contributed by atoms with Crippen LogP contribution in [-0.4, -0.2) is 33.6 Å². The molecule has 1 unspecified atom stereocenters. The number of ether oxygens (including phenoxy) is 1. The maximum absolute atomic E-state index is 12.7. The minimum atomic E-state index is -2.94. The van der Waals surface area contributed by atoms with E-state index in [9.17, 15) is 18.4 Å². The van der Waals surface area contributed by atoms with Gasteiger partial charge in [0.1, 0.15) is 17.8 Å². The molecule has 0 bridgehead atoms. The third kappa shape index (κ3) is 3.14. The van der Waals surface area contributed by atoms with Crippen molar-refractivity contribution in [3.05, 3.63) is 41.6 Å². The summed E-state index contributed by atoms with van der Waals surface area (Å²) in [5.41, 5.74) is -0.910. The molecule has 0 saturated carbocycles. The fourth-order valence-corrected chi connectivity index (χ4v) is 2.54. The first-order valence-electron chi connectivity index (χ1n) is 7.28. The summed E-state index contributed by atoms with van der Waals surface area (Å²) in [5, 5.41) is 10.00. The molecule has 1 aromatic heterocycles. The highest BCUT2D eigenvalue weighted by Gasteiger charge is 2.49. The van der Waals surface area contributed by atoms with Crippen LogP contribution in [0.25, 0.3) is 0 Å². The lowest BCUT2D eigenvalue weighted by molar-refractivity contribution is -0.131. The number of nitrogens with zero attached hydrogens (tertiary/aromatic N) is 3. The van der Waals surface area contributed by atoms with Gasteiger partial charge in [-0.25, -0.2) is 4.79 Å². The van der Waals surface area contributed by atoms with E-state index >= 15 is 0 Å². The molecule has 2 heterocycles. The van der Waals surface area contributed by atoms with Crippen molar-refractivity contribution in [2.24, 2.45) is 0 Å². The molecule has 1 atom stereocenters. The number of amides is 3. The topological polar surface area (TPSA) is 97.6 Å². The third-order valence-corrected chi connectivity index (χ3v) is 3.79. The summed E-state index contributed by atoms with van der Waals surface area (Å²) in [7, 11) is 0. The number of hydrogen-bond donors (Lipinski definition) is 1.